The van der Waals surface area contributed by atoms with Gasteiger partial charge in [0.1, 0.15) is 0 Å². The van der Waals surface area contributed by atoms with Gasteiger partial charge in [0.15, 0.2) is 5.71 Å². The first kappa shape index (κ1) is 16.6. The molecule has 0 bridgehead atoms. The van der Waals surface area contributed by atoms with Gasteiger partial charge in [0.25, 0.3) is 0 Å². The van der Waals surface area contributed by atoms with Gasteiger partial charge < -0.3 is 0 Å². The van der Waals surface area contributed by atoms with E-state index in [4.69, 9.17) is 0 Å². The molecule has 1 aromatic heterocycles. The van der Waals surface area contributed by atoms with E-state index in [2.05, 4.69) is 21.1 Å². The molecule has 0 spiro atoms. The topological polar surface area (TPSA) is 65.8 Å². The van der Waals surface area contributed by atoms with Crippen LogP contribution in [0.5, 0.6) is 0 Å². The maximum absolute atomic E-state index is 12.6. The van der Waals surface area contributed by atoms with Crippen molar-refractivity contribution >= 4 is 40.4 Å². The van der Waals surface area contributed by atoms with Crippen molar-refractivity contribution in [2.24, 2.45) is 10.2 Å². The van der Waals surface area contributed by atoms with Crippen molar-refractivity contribution in [2.45, 2.75) is 0 Å². The molecule has 0 unspecified atom stereocenters. The number of hydrazone groups is 2. The standard InChI is InChI=1S/C19H16N4OS/c24-19(18-12-7-13-25-18)17(23-22-16-10-5-2-6-11-16)14-20-21-15-8-3-1-4-9-15/h1-14,21-22H. The highest BCUT2D eigenvalue weighted by Crippen LogP contribution is 2.11. The molecular formula is C19H16N4OS. The fourth-order valence-corrected chi connectivity index (χ4v) is 2.66. The van der Waals surface area contributed by atoms with E-state index in [0.29, 0.717) is 4.88 Å². The first-order chi connectivity index (χ1) is 12.3. The number of carbonyl (C=O) groups is 1. The second-order valence-electron chi connectivity index (χ2n) is 5.02. The number of nitrogens with zero attached hydrogens (tertiary/aromatic N) is 2. The van der Waals surface area contributed by atoms with Gasteiger partial charge in [0, 0.05) is 0 Å². The van der Waals surface area contributed by atoms with Gasteiger partial charge in [-0.25, -0.2) is 0 Å². The molecule has 6 heteroatoms. The third-order valence-electron chi connectivity index (χ3n) is 3.21. The molecular weight excluding hydrogens is 332 g/mol. The molecule has 2 N–H and O–H groups in total. The maximum Gasteiger partial charge on any atom is 0.224 e. The van der Waals surface area contributed by atoms with Gasteiger partial charge in [0.2, 0.25) is 5.78 Å². The molecule has 0 aliphatic carbocycles. The lowest BCUT2D eigenvalue weighted by atomic mass is 10.2. The van der Waals surface area contributed by atoms with Gasteiger partial charge >= 0.3 is 0 Å². The number of thiophene rings is 1. The van der Waals surface area contributed by atoms with Crippen molar-refractivity contribution in [1.82, 2.24) is 0 Å². The van der Waals surface area contributed by atoms with Gasteiger partial charge in [-0.05, 0) is 35.7 Å². The molecule has 0 aliphatic heterocycles. The molecule has 124 valence electrons. The van der Waals surface area contributed by atoms with E-state index >= 15 is 0 Å². The number of hydrogen-bond donors (Lipinski definition) is 2. The summed E-state index contributed by atoms with van der Waals surface area (Å²) in [5.74, 6) is -0.183. The molecule has 0 radical (unpaired) electrons. The fraction of sp³-hybridized carbons (Fsp3) is 0. The highest BCUT2D eigenvalue weighted by molar-refractivity contribution is 7.13. The van der Waals surface area contributed by atoms with E-state index in [0.717, 1.165) is 11.4 Å². The Hall–Kier alpha value is -3.25. The Morgan fingerprint density at radius 1 is 0.840 bits per heavy atom. The minimum absolute atomic E-state index is 0.183. The van der Waals surface area contributed by atoms with Crippen LogP contribution in [-0.4, -0.2) is 17.7 Å². The second kappa shape index (κ2) is 8.56. The summed E-state index contributed by atoms with van der Waals surface area (Å²) < 4.78 is 0. The van der Waals surface area contributed by atoms with Crippen LogP contribution in [0.1, 0.15) is 9.67 Å². The molecule has 0 aliphatic rings. The highest BCUT2D eigenvalue weighted by atomic mass is 32.1. The summed E-state index contributed by atoms with van der Waals surface area (Å²) in [4.78, 5) is 13.2. The lowest BCUT2D eigenvalue weighted by Gasteiger charge is -2.03. The lowest BCUT2D eigenvalue weighted by molar-refractivity contribution is 0.107. The van der Waals surface area contributed by atoms with E-state index in [-0.39, 0.29) is 11.5 Å². The van der Waals surface area contributed by atoms with Crippen LogP contribution in [0.15, 0.2) is 88.4 Å². The van der Waals surface area contributed by atoms with Crippen LogP contribution in [0, 0.1) is 0 Å². The van der Waals surface area contributed by atoms with Crippen LogP contribution in [0.3, 0.4) is 0 Å². The van der Waals surface area contributed by atoms with Crippen LogP contribution >= 0.6 is 11.3 Å². The van der Waals surface area contributed by atoms with Crippen molar-refractivity contribution in [3.8, 4) is 0 Å². The maximum atomic E-state index is 12.6. The molecule has 0 fully saturated rings. The fourth-order valence-electron chi connectivity index (χ4n) is 1.99. The van der Waals surface area contributed by atoms with Crippen molar-refractivity contribution in [2.75, 3.05) is 10.9 Å². The van der Waals surface area contributed by atoms with Crippen LogP contribution in [-0.2, 0) is 0 Å². The predicted molar refractivity (Wildman–Crippen MR) is 105 cm³/mol. The van der Waals surface area contributed by atoms with E-state index in [1.54, 1.807) is 6.07 Å². The van der Waals surface area contributed by atoms with Gasteiger partial charge in [-0.3, -0.25) is 15.6 Å². The van der Waals surface area contributed by atoms with Crippen LogP contribution < -0.4 is 10.9 Å². The number of rotatable bonds is 7. The Labute approximate surface area is 149 Å². The number of benzene rings is 2. The normalized spacial score (nSPS) is 11.4. The van der Waals surface area contributed by atoms with Crippen LogP contribution in [0.4, 0.5) is 11.4 Å². The second-order valence-corrected chi connectivity index (χ2v) is 5.97. The van der Waals surface area contributed by atoms with Gasteiger partial charge in [-0.1, -0.05) is 42.5 Å². The van der Waals surface area contributed by atoms with Crippen LogP contribution in [0.25, 0.3) is 0 Å². The third-order valence-corrected chi connectivity index (χ3v) is 4.08. The highest BCUT2D eigenvalue weighted by Gasteiger charge is 2.13. The van der Waals surface area contributed by atoms with Gasteiger partial charge in [-0.2, -0.15) is 10.2 Å². The number of ketones is 1. The number of hydrogen-bond acceptors (Lipinski definition) is 6. The van der Waals surface area contributed by atoms with Crippen LogP contribution in [0.2, 0.25) is 0 Å². The summed E-state index contributed by atoms with van der Waals surface area (Å²) in [5, 5.41) is 10.2. The zero-order valence-electron chi connectivity index (χ0n) is 13.3. The average Bonchev–Trinajstić information content (AvgIpc) is 3.20. The summed E-state index contributed by atoms with van der Waals surface area (Å²) >= 11 is 1.37. The average molecular weight is 348 g/mol. The number of para-hydroxylation sites is 2. The Morgan fingerprint density at radius 2 is 1.48 bits per heavy atom. The zero-order chi connectivity index (χ0) is 17.3. The Balaban J connectivity index is 1.77. The molecule has 0 atom stereocenters. The monoisotopic (exact) mass is 348 g/mol. The summed E-state index contributed by atoms with van der Waals surface area (Å²) in [6.07, 6.45) is 1.42. The first-order valence-corrected chi connectivity index (χ1v) is 8.52. The van der Waals surface area contributed by atoms with Crippen molar-refractivity contribution in [3.05, 3.63) is 83.1 Å². The molecule has 0 saturated heterocycles. The van der Waals surface area contributed by atoms with E-state index in [1.807, 2.05) is 72.1 Å². The SMILES string of the molecule is O=C(C(C=NNc1ccccc1)=NNc1ccccc1)c1cccs1. The molecule has 5 nitrogen and oxygen atoms in total. The zero-order valence-corrected chi connectivity index (χ0v) is 14.1. The summed E-state index contributed by atoms with van der Waals surface area (Å²) in [5.41, 5.74) is 7.62. The Kier molecular flexibility index (Phi) is 5.68. The largest absolute Gasteiger partial charge is 0.286 e. The van der Waals surface area contributed by atoms with Gasteiger partial charge in [-0.15, -0.1) is 11.3 Å². The number of Topliss-reactive ketones (excluding diaryl/α,β-unsaturated/α-hetero) is 1. The lowest BCUT2D eigenvalue weighted by Crippen LogP contribution is -2.17. The molecule has 3 aromatic rings. The number of anilines is 2. The minimum atomic E-state index is -0.183. The Bertz CT molecular complexity index is 859. The van der Waals surface area contributed by atoms with Gasteiger partial charge in [0.05, 0.1) is 22.5 Å². The minimum Gasteiger partial charge on any atom is -0.286 e. The van der Waals surface area contributed by atoms with Crippen molar-refractivity contribution in [3.63, 3.8) is 0 Å². The Morgan fingerprint density at radius 3 is 2.08 bits per heavy atom. The quantitative estimate of drug-likeness (QED) is 0.375. The first-order valence-electron chi connectivity index (χ1n) is 7.64. The molecule has 1 heterocycles. The van der Waals surface area contributed by atoms with E-state index in [9.17, 15) is 4.79 Å². The van der Waals surface area contributed by atoms with E-state index < -0.39 is 0 Å². The van der Waals surface area contributed by atoms with E-state index in [1.165, 1.54) is 17.6 Å². The number of carbonyl (C=O) groups excluding carboxylic acids is 1. The smallest absolute Gasteiger partial charge is 0.224 e. The molecule has 25 heavy (non-hydrogen) atoms. The van der Waals surface area contributed by atoms with Crippen molar-refractivity contribution in [1.29, 1.82) is 0 Å². The molecule has 0 amide bonds. The molecule has 0 saturated carbocycles. The predicted octanol–water partition coefficient (Wildman–Crippen LogP) is 4.50. The molecule has 3 rings (SSSR count). The molecule has 2 aromatic carbocycles. The summed E-state index contributed by atoms with van der Waals surface area (Å²) in [6.45, 7) is 0. The van der Waals surface area contributed by atoms with Crippen molar-refractivity contribution < 1.29 is 4.79 Å². The number of nitrogens with one attached hydrogen (secondary N) is 2. The summed E-state index contributed by atoms with van der Waals surface area (Å²) in [6, 6.07) is 22.5. The third kappa shape index (κ3) is 4.86. The summed E-state index contributed by atoms with van der Waals surface area (Å²) in [7, 11) is 0.